The minimum absolute atomic E-state index is 0.328. The third-order valence-electron chi connectivity index (χ3n) is 2.37. The van der Waals surface area contributed by atoms with E-state index < -0.39 is 0 Å². The standard InChI is InChI=1S/C11H13ClN2OS/c1-2-9(10-3-4-11(12)16-10)13-7-8-5-6-15-14-8/h3-6,9,13H,2,7H2,1H3. The first-order valence-electron chi connectivity index (χ1n) is 5.17. The van der Waals surface area contributed by atoms with Crippen LogP contribution in [0, 0.1) is 0 Å². The van der Waals surface area contributed by atoms with Gasteiger partial charge in [0.15, 0.2) is 0 Å². The second-order valence-corrected chi connectivity index (χ2v) is 5.22. The molecule has 0 spiro atoms. The molecule has 0 aliphatic heterocycles. The summed E-state index contributed by atoms with van der Waals surface area (Å²) in [5.41, 5.74) is 0.918. The Morgan fingerprint density at radius 2 is 2.38 bits per heavy atom. The summed E-state index contributed by atoms with van der Waals surface area (Å²) in [6.07, 6.45) is 2.61. The van der Waals surface area contributed by atoms with Gasteiger partial charge in [0.25, 0.3) is 0 Å². The van der Waals surface area contributed by atoms with Gasteiger partial charge in [-0.15, -0.1) is 11.3 Å². The monoisotopic (exact) mass is 256 g/mol. The Balaban J connectivity index is 1.96. The van der Waals surface area contributed by atoms with Crippen molar-refractivity contribution in [2.75, 3.05) is 0 Å². The van der Waals surface area contributed by atoms with Crippen molar-refractivity contribution in [1.82, 2.24) is 10.5 Å². The Morgan fingerprint density at radius 1 is 1.50 bits per heavy atom. The topological polar surface area (TPSA) is 38.1 Å². The number of hydrogen-bond donors (Lipinski definition) is 1. The maximum atomic E-state index is 5.92. The Labute approximate surface area is 103 Å². The fraction of sp³-hybridized carbons (Fsp3) is 0.364. The average molecular weight is 257 g/mol. The number of hydrogen-bond acceptors (Lipinski definition) is 4. The first-order valence-corrected chi connectivity index (χ1v) is 6.37. The fourth-order valence-corrected chi connectivity index (χ4v) is 2.74. The SMILES string of the molecule is CCC(NCc1ccon1)c1ccc(Cl)s1. The van der Waals surface area contributed by atoms with Crippen LogP contribution < -0.4 is 5.32 Å². The van der Waals surface area contributed by atoms with Crippen LogP contribution in [0.25, 0.3) is 0 Å². The number of nitrogens with zero attached hydrogens (tertiary/aromatic N) is 1. The van der Waals surface area contributed by atoms with Gasteiger partial charge in [-0.2, -0.15) is 0 Å². The lowest BCUT2D eigenvalue weighted by Gasteiger charge is -2.13. The van der Waals surface area contributed by atoms with Crippen LogP contribution in [0.4, 0.5) is 0 Å². The lowest BCUT2D eigenvalue weighted by Crippen LogP contribution is -2.19. The first-order chi connectivity index (χ1) is 7.79. The highest BCUT2D eigenvalue weighted by molar-refractivity contribution is 7.16. The van der Waals surface area contributed by atoms with Crippen LogP contribution in [-0.2, 0) is 6.54 Å². The smallest absolute Gasteiger partial charge is 0.124 e. The van der Waals surface area contributed by atoms with Crippen molar-refractivity contribution in [3.8, 4) is 0 Å². The van der Waals surface area contributed by atoms with Gasteiger partial charge < -0.3 is 9.84 Å². The molecule has 3 nitrogen and oxygen atoms in total. The van der Waals surface area contributed by atoms with Crippen molar-refractivity contribution in [3.63, 3.8) is 0 Å². The van der Waals surface area contributed by atoms with Gasteiger partial charge in [0.1, 0.15) is 6.26 Å². The summed E-state index contributed by atoms with van der Waals surface area (Å²) in [4.78, 5) is 1.26. The Hall–Kier alpha value is -0.840. The van der Waals surface area contributed by atoms with E-state index in [4.69, 9.17) is 16.1 Å². The van der Waals surface area contributed by atoms with Crippen LogP contribution in [0.15, 0.2) is 29.0 Å². The summed E-state index contributed by atoms with van der Waals surface area (Å²) < 4.78 is 5.61. The molecule has 0 aliphatic rings. The zero-order chi connectivity index (χ0) is 11.4. The molecule has 0 amide bonds. The lowest BCUT2D eigenvalue weighted by atomic mass is 10.2. The molecular weight excluding hydrogens is 244 g/mol. The van der Waals surface area contributed by atoms with Crippen LogP contribution in [0.5, 0.6) is 0 Å². The Bertz CT molecular complexity index is 427. The van der Waals surface area contributed by atoms with E-state index in [1.54, 1.807) is 17.6 Å². The van der Waals surface area contributed by atoms with E-state index in [9.17, 15) is 0 Å². The lowest BCUT2D eigenvalue weighted by molar-refractivity contribution is 0.404. The molecule has 1 atom stereocenters. The predicted molar refractivity (Wildman–Crippen MR) is 65.7 cm³/mol. The maximum absolute atomic E-state index is 5.92. The van der Waals surface area contributed by atoms with Crippen LogP contribution in [0.2, 0.25) is 4.34 Å². The largest absolute Gasteiger partial charge is 0.364 e. The molecule has 0 saturated heterocycles. The van der Waals surface area contributed by atoms with E-state index in [0.29, 0.717) is 12.6 Å². The number of nitrogens with one attached hydrogen (secondary N) is 1. The third kappa shape index (κ3) is 2.84. The molecule has 0 aliphatic carbocycles. The van der Waals surface area contributed by atoms with E-state index in [1.807, 2.05) is 12.1 Å². The average Bonchev–Trinajstić information content (AvgIpc) is 2.91. The zero-order valence-electron chi connectivity index (χ0n) is 8.94. The number of halogens is 1. The van der Waals surface area contributed by atoms with Gasteiger partial charge in [0.2, 0.25) is 0 Å². The second-order valence-electron chi connectivity index (χ2n) is 3.47. The van der Waals surface area contributed by atoms with Crippen molar-refractivity contribution >= 4 is 22.9 Å². The Kier molecular flexibility index (Phi) is 3.98. The summed E-state index contributed by atoms with van der Waals surface area (Å²) >= 11 is 7.54. The van der Waals surface area contributed by atoms with Crippen molar-refractivity contribution in [2.45, 2.75) is 25.9 Å². The van der Waals surface area contributed by atoms with Crippen LogP contribution in [0.3, 0.4) is 0 Å². The molecule has 2 aromatic heterocycles. The Morgan fingerprint density at radius 3 is 2.94 bits per heavy atom. The molecule has 86 valence electrons. The molecule has 2 rings (SSSR count). The quantitative estimate of drug-likeness (QED) is 0.888. The summed E-state index contributed by atoms with van der Waals surface area (Å²) in [6, 6.07) is 6.19. The molecule has 0 bridgehead atoms. The van der Waals surface area contributed by atoms with Crippen LogP contribution in [0.1, 0.15) is 30.0 Å². The summed E-state index contributed by atoms with van der Waals surface area (Å²) in [6.45, 7) is 2.86. The molecule has 0 aromatic carbocycles. The minimum atomic E-state index is 0.328. The van der Waals surface area contributed by atoms with Gasteiger partial charge in [-0.3, -0.25) is 0 Å². The van der Waals surface area contributed by atoms with Crippen molar-refractivity contribution in [1.29, 1.82) is 0 Å². The van der Waals surface area contributed by atoms with Gasteiger partial charge in [0, 0.05) is 23.5 Å². The molecule has 5 heteroatoms. The van der Waals surface area contributed by atoms with E-state index in [2.05, 4.69) is 23.5 Å². The number of aromatic nitrogens is 1. The van der Waals surface area contributed by atoms with Crippen LogP contribution in [-0.4, -0.2) is 5.16 Å². The second kappa shape index (κ2) is 5.48. The minimum Gasteiger partial charge on any atom is -0.364 e. The van der Waals surface area contributed by atoms with Gasteiger partial charge in [0.05, 0.1) is 10.0 Å². The number of thiophene rings is 1. The van der Waals surface area contributed by atoms with E-state index >= 15 is 0 Å². The van der Waals surface area contributed by atoms with E-state index in [1.165, 1.54) is 4.88 Å². The van der Waals surface area contributed by atoms with E-state index in [0.717, 1.165) is 16.5 Å². The molecular formula is C11H13ClN2OS. The highest BCUT2D eigenvalue weighted by Crippen LogP contribution is 2.28. The molecule has 0 saturated carbocycles. The molecule has 1 unspecified atom stereocenters. The van der Waals surface area contributed by atoms with E-state index in [-0.39, 0.29) is 0 Å². The summed E-state index contributed by atoms with van der Waals surface area (Å²) in [7, 11) is 0. The summed E-state index contributed by atoms with van der Waals surface area (Å²) in [5, 5.41) is 7.29. The maximum Gasteiger partial charge on any atom is 0.124 e. The van der Waals surface area contributed by atoms with Crippen molar-refractivity contribution < 1.29 is 4.52 Å². The molecule has 0 radical (unpaired) electrons. The normalized spacial score (nSPS) is 12.9. The van der Waals surface area contributed by atoms with Gasteiger partial charge in [-0.05, 0) is 18.6 Å². The van der Waals surface area contributed by atoms with Crippen molar-refractivity contribution in [2.24, 2.45) is 0 Å². The first kappa shape index (κ1) is 11.6. The molecule has 16 heavy (non-hydrogen) atoms. The van der Waals surface area contributed by atoms with Gasteiger partial charge in [-0.25, -0.2) is 0 Å². The molecule has 1 N–H and O–H groups in total. The van der Waals surface area contributed by atoms with Gasteiger partial charge in [-0.1, -0.05) is 23.7 Å². The van der Waals surface area contributed by atoms with Gasteiger partial charge >= 0.3 is 0 Å². The molecule has 2 aromatic rings. The predicted octanol–water partition coefficient (Wildman–Crippen LogP) is 3.63. The third-order valence-corrected chi connectivity index (χ3v) is 3.71. The number of rotatable bonds is 5. The zero-order valence-corrected chi connectivity index (χ0v) is 10.5. The van der Waals surface area contributed by atoms with Crippen LogP contribution >= 0.6 is 22.9 Å². The highest BCUT2D eigenvalue weighted by Gasteiger charge is 2.11. The fourth-order valence-electron chi connectivity index (χ4n) is 1.52. The molecule has 0 fully saturated rings. The highest BCUT2D eigenvalue weighted by atomic mass is 35.5. The van der Waals surface area contributed by atoms with Crippen molar-refractivity contribution in [3.05, 3.63) is 39.4 Å². The molecule has 2 heterocycles. The summed E-state index contributed by atoms with van der Waals surface area (Å²) in [5.74, 6) is 0.